The molecule has 0 aromatic carbocycles. The van der Waals surface area contributed by atoms with Gasteiger partial charge >= 0.3 is 0 Å². The van der Waals surface area contributed by atoms with Crippen LogP contribution < -0.4 is 0 Å². The highest BCUT2D eigenvalue weighted by atomic mass is 14.3. The van der Waals surface area contributed by atoms with Crippen molar-refractivity contribution in [2.45, 2.75) is 60.8 Å². The Kier molecular flexibility index (Phi) is 3.76. The number of hydrogen-bond donors (Lipinski definition) is 0. The number of allylic oxidation sites excluding steroid dienone is 4. The molecule has 0 fully saturated rings. The minimum absolute atomic E-state index is 0.170. The van der Waals surface area contributed by atoms with Gasteiger partial charge in [-0.05, 0) is 52.4 Å². The van der Waals surface area contributed by atoms with Crippen molar-refractivity contribution in [3.63, 3.8) is 0 Å². The van der Waals surface area contributed by atoms with E-state index in [0.29, 0.717) is 0 Å². The van der Waals surface area contributed by atoms with Crippen LogP contribution in [-0.4, -0.2) is 0 Å². The molecule has 0 N–H and O–H groups in total. The Morgan fingerprint density at radius 2 is 1.06 bits per heavy atom. The van der Waals surface area contributed by atoms with E-state index in [1.165, 1.54) is 41.6 Å². The molecular formula is C17H28. The third kappa shape index (κ3) is 3.12. The minimum atomic E-state index is 0.170. The van der Waals surface area contributed by atoms with Crippen molar-refractivity contribution in [3.8, 4) is 0 Å². The molecule has 0 unspecified atom stereocenters. The molecule has 96 valence electrons. The molecule has 1 aliphatic rings. The van der Waals surface area contributed by atoms with Gasteiger partial charge in [0.25, 0.3) is 0 Å². The second-order valence-electron chi connectivity index (χ2n) is 7.27. The van der Waals surface area contributed by atoms with Crippen LogP contribution in [0.1, 0.15) is 60.8 Å². The molecular weight excluding hydrogens is 204 g/mol. The summed E-state index contributed by atoms with van der Waals surface area (Å²) >= 11 is 0. The molecule has 0 aromatic rings. The first-order valence-electron chi connectivity index (χ1n) is 6.66. The predicted molar refractivity (Wildman–Crippen MR) is 78.1 cm³/mol. The molecule has 0 saturated heterocycles. The van der Waals surface area contributed by atoms with Gasteiger partial charge in [0, 0.05) is 0 Å². The topological polar surface area (TPSA) is 0 Å². The van der Waals surface area contributed by atoms with E-state index in [9.17, 15) is 0 Å². The SMILES string of the molecule is C=C(C1=C(C(=C)C(C)(C)C)CCC1)C(C)(C)C. The lowest BCUT2D eigenvalue weighted by atomic mass is 9.77. The highest BCUT2D eigenvalue weighted by Gasteiger charge is 2.28. The molecule has 0 heterocycles. The van der Waals surface area contributed by atoms with Crippen LogP contribution in [0.2, 0.25) is 0 Å². The highest BCUT2D eigenvalue weighted by molar-refractivity contribution is 5.48. The van der Waals surface area contributed by atoms with Gasteiger partial charge in [0.2, 0.25) is 0 Å². The van der Waals surface area contributed by atoms with Crippen molar-refractivity contribution in [1.82, 2.24) is 0 Å². The zero-order chi connectivity index (χ0) is 13.4. The van der Waals surface area contributed by atoms with Gasteiger partial charge in [0.15, 0.2) is 0 Å². The summed E-state index contributed by atoms with van der Waals surface area (Å²) in [5, 5.41) is 0. The first-order chi connectivity index (χ1) is 7.55. The van der Waals surface area contributed by atoms with Crippen molar-refractivity contribution >= 4 is 0 Å². The predicted octanol–water partition coefficient (Wildman–Crippen LogP) is 5.67. The summed E-state index contributed by atoms with van der Waals surface area (Å²) < 4.78 is 0. The monoisotopic (exact) mass is 232 g/mol. The van der Waals surface area contributed by atoms with Gasteiger partial charge in [0.1, 0.15) is 0 Å². The van der Waals surface area contributed by atoms with E-state index in [1.807, 2.05) is 0 Å². The van der Waals surface area contributed by atoms with Gasteiger partial charge in [-0.15, -0.1) is 0 Å². The molecule has 0 spiro atoms. The summed E-state index contributed by atoms with van der Waals surface area (Å²) in [6, 6.07) is 0. The smallest absolute Gasteiger partial charge is 0.0135 e. The van der Waals surface area contributed by atoms with Crippen LogP contribution in [0, 0.1) is 10.8 Å². The van der Waals surface area contributed by atoms with Gasteiger partial charge in [-0.2, -0.15) is 0 Å². The molecule has 17 heavy (non-hydrogen) atoms. The van der Waals surface area contributed by atoms with Crippen molar-refractivity contribution in [2.75, 3.05) is 0 Å². The molecule has 1 aliphatic carbocycles. The fourth-order valence-electron chi connectivity index (χ4n) is 2.32. The van der Waals surface area contributed by atoms with E-state index >= 15 is 0 Å². The van der Waals surface area contributed by atoms with Crippen LogP contribution in [0.4, 0.5) is 0 Å². The van der Waals surface area contributed by atoms with Crippen LogP contribution >= 0.6 is 0 Å². The Hall–Kier alpha value is -0.780. The van der Waals surface area contributed by atoms with Gasteiger partial charge in [-0.25, -0.2) is 0 Å². The maximum atomic E-state index is 4.32. The molecule has 0 atom stereocenters. The third-order valence-corrected chi connectivity index (χ3v) is 3.76. The third-order valence-electron chi connectivity index (χ3n) is 3.76. The number of hydrogen-bond acceptors (Lipinski definition) is 0. The fraction of sp³-hybridized carbons (Fsp3) is 0.647. The normalized spacial score (nSPS) is 17.5. The first-order valence-corrected chi connectivity index (χ1v) is 6.66. The first kappa shape index (κ1) is 14.3. The van der Waals surface area contributed by atoms with Crippen LogP contribution in [0.25, 0.3) is 0 Å². The average molecular weight is 232 g/mol. The fourth-order valence-corrected chi connectivity index (χ4v) is 2.32. The largest absolute Gasteiger partial charge is 0.0950 e. The Morgan fingerprint density at radius 3 is 1.29 bits per heavy atom. The van der Waals surface area contributed by atoms with Gasteiger partial charge in [0.05, 0.1) is 0 Å². The number of rotatable bonds is 2. The maximum absolute atomic E-state index is 4.32. The van der Waals surface area contributed by atoms with Crippen LogP contribution in [0.3, 0.4) is 0 Å². The zero-order valence-electron chi connectivity index (χ0n) is 12.5. The summed E-state index contributed by atoms with van der Waals surface area (Å²) in [6.07, 6.45) is 3.62. The molecule has 0 radical (unpaired) electrons. The second kappa shape index (κ2) is 4.48. The molecule has 0 amide bonds. The Balaban J connectivity index is 3.13. The van der Waals surface area contributed by atoms with Gasteiger partial charge < -0.3 is 0 Å². The second-order valence-corrected chi connectivity index (χ2v) is 7.27. The standard InChI is InChI=1S/C17H28/c1-12(16(3,4)5)14-10-9-11-15(14)13(2)17(6,7)8/h1-2,9-11H2,3-8H3. The molecule has 1 rings (SSSR count). The average Bonchev–Trinajstić information content (AvgIpc) is 2.60. The van der Waals surface area contributed by atoms with E-state index in [1.54, 1.807) is 0 Å². The summed E-state index contributed by atoms with van der Waals surface area (Å²) in [7, 11) is 0. The van der Waals surface area contributed by atoms with Gasteiger partial charge in [-0.1, -0.05) is 54.7 Å². The molecule has 0 aliphatic heterocycles. The minimum Gasteiger partial charge on any atom is -0.0950 e. The lowest BCUT2D eigenvalue weighted by Gasteiger charge is -2.28. The quantitative estimate of drug-likeness (QED) is 0.575. The lowest BCUT2D eigenvalue weighted by Crippen LogP contribution is -2.14. The molecule has 0 bridgehead atoms. The van der Waals surface area contributed by atoms with E-state index in [-0.39, 0.29) is 10.8 Å². The molecule has 0 nitrogen and oxygen atoms in total. The van der Waals surface area contributed by atoms with Crippen LogP contribution in [0.5, 0.6) is 0 Å². The van der Waals surface area contributed by atoms with Crippen LogP contribution in [-0.2, 0) is 0 Å². The Morgan fingerprint density at radius 1 is 0.765 bits per heavy atom. The molecule has 0 saturated carbocycles. The van der Waals surface area contributed by atoms with Crippen molar-refractivity contribution in [2.24, 2.45) is 10.8 Å². The highest BCUT2D eigenvalue weighted by Crippen LogP contribution is 2.44. The Bertz CT molecular complexity index is 328. The van der Waals surface area contributed by atoms with E-state index in [0.717, 1.165) is 0 Å². The zero-order valence-corrected chi connectivity index (χ0v) is 12.5. The Labute approximate surface area is 108 Å². The summed E-state index contributed by atoms with van der Waals surface area (Å²) in [4.78, 5) is 0. The van der Waals surface area contributed by atoms with Crippen LogP contribution in [0.15, 0.2) is 35.5 Å². The van der Waals surface area contributed by atoms with E-state index < -0.39 is 0 Å². The van der Waals surface area contributed by atoms with E-state index in [4.69, 9.17) is 0 Å². The van der Waals surface area contributed by atoms with E-state index in [2.05, 4.69) is 54.7 Å². The molecule has 0 aromatic heterocycles. The summed E-state index contributed by atoms with van der Waals surface area (Å²) in [5.74, 6) is 0. The summed E-state index contributed by atoms with van der Waals surface area (Å²) in [6.45, 7) is 22.1. The van der Waals surface area contributed by atoms with Gasteiger partial charge in [-0.3, -0.25) is 0 Å². The van der Waals surface area contributed by atoms with Crippen molar-refractivity contribution < 1.29 is 0 Å². The maximum Gasteiger partial charge on any atom is -0.0135 e. The summed E-state index contributed by atoms with van der Waals surface area (Å²) in [5.41, 5.74) is 5.91. The molecule has 0 heteroatoms. The van der Waals surface area contributed by atoms with Crippen molar-refractivity contribution in [3.05, 3.63) is 35.5 Å². The van der Waals surface area contributed by atoms with Crippen molar-refractivity contribution in [1.29, 1.82) is 0 Å². The lowest BCUT2D eigenvalue weighted by molar-refractivity contribution is 0.501.